The van der Waals surface area contributed by atoms with E-state index in [0.29, 0.717) is 18.4 Å². The van der Waals surface area contributed by atoms with Gasteiger partial charge in [0.05, 0.1) is 11.0 Å². The minimum atomic E-state index is -1.49. The van der Waals surface area contributed by atoms with Crippen LogP contribution in [0.3, 0.4) is 0 Å². The molecule has 0 bridgehead atoms. The van der Waals surface area contributed by atoms with Gasteiger partial charge in [-0.1, -0.05) is 73.0 Å². The highest BCUT2D eigenvalue weighted by Gasteiger charge is 2.42. The molecule has 5 heteroatoms. The minimum absolute atomic E-state index is 0.113. The normalized spacial score (nSPS) is 29.2. The van der Waals surface area contributed by atoms with Crippen LogP contribution in [0, 0.1) is 10.8 Å². The summed E-state index contributed by atoms with van der Waals surface area (Å²) in [6.07, 6.45) is 7.60. The second-order valence-electron chi connectivity index (χ2n) is 6.64. The Labute approximate surface area is 139 Å². The molecule has 0 radical (unpaired) electrons. The van der Waals surface area contributed by atoms with Crippen LogP contribution in [-0.2, 0) is 9.59 Å². The van der Waals surface area contributed by atoms with Crippen molar-refractivity contribution in [1.29, 1.82) is 0 Å². The van der Waals surface area contributed by atoms with Crippen molar-refractivity contribution >= 4 is 46.4 Å². The van der Waals surface area contributed by atoms with Gasteiger partial charge in [-0.15, -0.1) is 0 Å². The van der Waals surface area contributed by atoms with Crippen LogP contribution in [0.15, 0.2) is 35.5 Å². The number of rotatable bonds is 0. The van der Waals surface area contributed by atoms with Gasteiger partial charge in [-0.25, -0.2) is 0 Å². The van der Waals surface area contributed by atoms with Crippen LogP contribution in [0.5, 0.6) is 0 Å². The van der Waals surface area contributed by atoms with Crippen molar-refractivity contribution in [3.05, 3.63) is 35.5 Å². The molecule has 0 saturated heterocycles. The number of Topliss-reactive ketones (excluding diaryl/α,β-unsaturated/α-hetero) is 2. The smallest absolute Gasteiger partial charge is 0.202 e. The summed E-state index contributed by atoms with van der Waals surface area (Å²) in [6.45, 7) is 5.63. The number of ketones is 2. The lowest BCUT2D eigenvalue weighted by Crippen LogP contribution is -2.33. The van der Waals surface area contributed by atoms with Crippen molar-refractivity contribution in [3.63, 3.8) is 0 Å². The first-order valence-corrected chi connectivity index (χ1v) is 7.84. The number of alkyl halides is 3. The highest BCUT2D eigenvalue weighted by Crippen LogP contribution is 2.48. The highest BCUT2D eigenvalue weighted by atomic mass is 35.6. The number of carbonyl (C=O) groups excluding carboxylic acids is 2. The first kappa shape index (κ1) is 16.8. The Morgan fingerprint density at radius 1 is 0.952 bits per heavy atom. The van der Waals surface area contributed by atoms with Crippen LogP contribution >= 0.6 is 34.8 Å². The second-order valence-corrected chi connectivity index (χ2v) is 8.92. The first-order chi connectivity index (χ1) is 9.45. The van der Waals surface area contributed by atoms with E-state index in [-0.39, 0.29) is 22.6 Å². The van der Waals surface area contributed by atoms with E-state index < -0.39 is 9.21 Å². The van der Waals surface area contributed by atoms with Gasteiger partial charge in [-0.2, -0.15) is 0 Å². The molecule has 1 saturated carbocycles. The van der Waals surface area contributed by atoms with Crippen molar-refractivity contribution < 1.29 is 9.59 Å². The van der Waals surface area contributed by atoms with Crippen LogP contribution in [-0.4, -0.2) is 15.4 Å². The number of hydrogen-bond acceptors (Lipinski definition) is 2. The molecule has 2 nitrogen and oxygen atoms in total. The molecule has 0 amide bonds. The van der Waals surface area contributed by atoms with E-state index in [1.54, 1.807) is 31.2 Å². The Bertz CT molecular complexity index is 551. The Kier molecular flexibility index (Phi) is 4.20. The highest BCUT2D eigenvalue weighted by molar-refractivity contribution is 6.68. The Hall–Kier alpha value is -0.570. The molecule has 0 atom stereocenters. The molecule has 2 aliphatic carbocycles. The van der Waals surface area contributed by atoms with E-state index in [1.807, 2.05) is 13.8 Å². The second kappa shape index (κ2) is 5.26. The van der Waals surface area contributed by atoms with Crippen molar-refractivity contribution in [2.24, 2.45) is 10.8 Å². The zero-order valence-corrected chi connectivity index (χ0v) is 14.4. The van der Waals surface area contributed by atoms with Crippen LogP contribution in [0.1, 0.15) is 33.6 Å². The zero-order valence-electron chi connectivity index (χ0n) is 12.2. The zero-order chi connectivity index (χ0) is 16.1. The summed E-state index contributed by atoms with van der Waals surface area (Å²) < 4.78 is -1.49. The molecule has 0 aromatic rings. The fourth-order valence-electron chi connectivity index (χ4n) is 2.58. The first-order valence-electron chi connectivity index (χ1n) is 6.71. The third kappa shape index (κ3) is 3.28. The molecule has 0 aliphatic heterocycles. The Morgan fingerprint density at radius 2 is 1.38 bits per heavy atom. The third-order valence-corrected chi connectivity index (χ3v) is 5.18. The molecule has 2 rings (SSSR count). The topological polar surface area (TPSA) is 34.1 Å². The van der Waals surface area contributed by atoms with E-state index in [0.717, 1.165) is 0 Å². The molecule has 0 unspecified atom stereocenters. The number of hydrogen-bond donors (Lipinski definition) is 0. The van der Waals surface area contributed by atoms with E-state index in [1.165, 1.54) is 0 Å². The molecule has 0 N–H and O–H groups in total. The summed E-state index contributed by atoms with van der Waals surface area (Å²) in [4.78, 5) is 24.5. The van der Waals surface area contributed by atoms with Gasteiger partial charge in [0.1, 0.15) is 0 Å². The van der Waals surface area contributed by atoms with E-state index >= 15 is 0 Å². The third-order valence-electron chi connectivity index (χ3n) is 3.95. The number of allylic oxidation sites excluding steroid dienone is 6. The van der Waals surface area contributed by atoms with Crippen molar-refractivity contribution in [2.75, 3.05) is 0 Å². The molecule has 1 fully saturated rings. The number of halogens is 3. The molecule has 2 aliphatic rings. The lowest BCUT2D eigenvalue weighted by atomic mass is 9.72. The SMILES string of the molecule is CC1(C)CC(=O)C(=C2C=CC(C)(C(Cl)(Cl)Cl)C=C2)C(=O)C1. The van der Waals surface area contributed by atoms with Crippen LogP contribution in [0.2, 0.25) is 0 Å². The van der Waals surface area contributed by atoms with Gasteiger partial charge in [0, 0.05) is 12.8 Å². The fraction of sp³-hybridized carbons (Fsp3) is 0.500. The summed E-state index contributed by atoms with van der Waals surface area (Å²) in [5.74, 6) is -0.226. The maximum absolute atomic E-state index is 12.3. The van der Waals surface area contributed by atoms with Gasteiger partial charge in [0.2, 0.25) is 3.79 Å². The molecule has 114 valence electrons. The largest absolute Gasteiger partial charge is 0.294 e. The quantitative estimate of drug-likeness (QED) is 0.360. The van der Waals surface area contributed by atoms with Gasteiger partial charge >= 0.3 is 0 Å². The maximum Gasteiger partial charge on any atom is 0.202 e. The van der Waals surface area contributed by atoms with E-state index in [4.69, 9.17) is 34.8 Å². The predicted molar refractivity (Wildman–Crippen MR) is 86.7 cm³/mol. The molecule has 0 spiro atoms. The fourth-order valence-corrected chi connectivity index (χ4v) is 2.96. The van der Waals surface area contributed by atoms with E-state index in [2.05, 4.69) is 0 Å². The monoisotopic (exact) mass is 346 g/mol. The molecular formula is C16H17Cl3O2. The van der Waals surface area contributed by atoms with Gasteiger partial charge in [0.25, 0.3) is 0 Å². The molecule has 21 heavy (non-hydrogen) atoms. The number of carbonyl (C=O) groups is 2. The van der Waals surface area contributed by atoms with Crippen molar-refractivity contribution in [1.82, 2.24) is 0 Å². The van der Waals surface area contributed by atoms with Crippen molar-refractivity contribution in [3.8, 4) is 0 Å². The van der Waals surface area contributed by atoms with Gasteiger partial charge in [-0.3, -0.25) is 9.59 Å². The van der Waals surface area contributed by atoms with Crippen LogP contribution < -0.4 is 0 Å². The summed E-state index contributed by atoms with van der Waals surface area (Å²) >= 11 is 17.9. The molecular weight excluding hydrogens is 331 g/mol. The lowest BCUT2D eigenvalue weighted by molar-refractivity contribution is -0.127. The molecule has 0 aromatic heterocycles. The summed E-state index contributed by atoms with van der Waals surface area (Å²) in [5, 5.41) is 0. The van der Waals surface area contributed by atoms with Crippen molar-refractivity contribution in [2.45, 2.75) is 37.4 Å². The standard InChI is InChI=1S/C16H17Cl3O2/c1-14(2)8-11(20)13(12(21)9-14)10-4-6-15(3,7-5-10)16(17,18)19/h4-7H,8-9H2,1-3H3. The maximum atomic E-state index is 12.3. The Balaban J connectivity index is 2.37. The van der Waals surface area contributed by atoms with Crippen LogP contribution in [0.4, 0.5) is 0 Å². The summed E-state index contributed by atoms with van der Waals surface area (Å²) in [6, 6.07) is 0. The molecule has 0 heterocycles. The minimum Gasteiger partial charge on any atom is -0.294 e. The van der Waals surface area contributed by atoms with Gasteiger partial charge in [-0.05, 0) is 17.9 Å². The van der Waals surface area contributed by atoms with E-state index in [9.17, 15) is 9.59 Å². The lowest BCUT2D eigenvalue weighted by Gasteiger charge is -2.33. The average molecular weight is 348 g/mol. The summed E-state index contributed by atoms with van der Waals surface area (Å²) in [7, 11) is 0. The average Bonchev–Trinajstić information content (AvgIpc) is 2.27. The Morgan fingerprint density at radius 3 is 1.76 bits per heavy atom. The predicted octanol–water partition coefficient (Wildman–Crippen LogP) is 4.74. The summed E-state index contributed by atoms with van der Waals surface area (Å²) in [5.41, 5.74) is -0.158. The van der Waals surface area contributed by atoms with Crippen LogP contribution in [0.25, 0.3) is 0 Å². The van der Waals surface area contributed by atoms with Gasteiger partial charge in [0.15, 0.2) is 11.6 Å². The molecule has 0 aromatic carbocycles. The van der Waals surface area contributed by atoms with Gasteiger partial charge < -0.3 is 0 Å².